The first-order valence-electron chi connectivity index (χ1n) is 8.07. The molecule has 2 nitrogen and oxygen atoms in total. The maximum Gasteiger partial charge on any atom is 0.0468 e. The maximum atomic E-state index is 5.25. The Morgan fingerprint density at radius 2 is 2.00 bits per heavy atom. The van der Waals surface area contributed by atoms with E-state index >= 15 is 0 Å². The van der Waals surface area contributed by atoms with E-state index in [1.165, 1.54) is 44.1 Å². The normalized spacial score (nSPS) is 17.9. The van der Waals surface area contributed by atoms with Crippen LogP contribution in [0.3, 0.4) is 0 Å². The molecule has 1 fully saturated rings. The largest absolute Gasteiger partial charge is 0.385 e. The zero-order valence-electron chi connectivity index (χ0n) is 13.0. The zero-order valence-corrected chi connectivity index (χ0v) is 13.0. The third-order valence-corrected chi connectivity index (χ3v) is 4.57. The van der Waals surface area contributed by atoms with Crippen molar-refractivity contribution >= 4 is 0 Å². The second-order valence-electron chi connectivity index (χ2n) is 6.23. The molecule has 0 saturated heterocycles. The van der Waals surface area contributed by atoms with Gasteiger partial charge in [0.2, 0.25) is 0 Å². The summed E-state index contributed by atoms with van der Waals surface area (Å²) in [5.41, 5.74) is 1.96. The van der Waals surface area contributed by atoms with Crippen molar-refractivity contribution in [3.05, 3.63) is 35.9 Å². The lowest BCUT2D eigenvalue weighted by molar-refractivity contribution is 0.170. The number of hydrogen-bond acceptors (Lipinski definition) is 2. The fourth-order valence-electron chi connectivity index (χ4n) is 2.83. The van der Waals surface area contributed by atoms with Gasteiger partial charge < -0.3 is 10.1 Å². The second kappa shape index (κ2) is 7.80. The van der Waals surface area contributed by atoms with Crippen molar-refractivity contribution in [2.45, 2.75) is 51.5 Å². The van der Waals surface area contributed by atoms with Crippen molar-refractivity contribution in [3.8, 4) is 0 Å². The van der Waals surface area contributed by atoms with Crippen LogP contribution in [0.4, 0.5) is 0 Å². The quantitative estimate of drug-likeness (QED) is 0.686. The number of hydrogen-bond donors (Lipinski definition) is 1. The molecule has 0 amide bonds. The fraction of sp³-hybridized carbons (Fsp3) is 0.667. The predicted octanol–water partition coefficient (Wildman–Crippen LogP) is 4.32. The molecule has 2 rings (SSSR count). The van der Waals surface area contributed by atoms with Gasteiger partial charge in [0.15, 0.2) is 0 Å². The molecular formula is C18H29NO. The standard InChI is InChI=1S/C18H29NO/c1-3-4-10-17(16-8-6-5-7-9-16)19-15-18(11-12-18)13-14-20-2/h5-9,17,19H,3-4,10-15H2,1-2H3. The lowest BCUT2D eigenvalue weighted by atomic mass is 9.98. The molecule has 0 aromatic heterocycles. The smallest absolute Gasteiger partial charge is 0.0468 e. The minimum Gasteiger partial charge on any atom is -0.385 e. The van der Waals surface area contributed by atoms with Gasteiger partial charge in [0, 0.05) is 26.3 Å². The summed E-state index contributed by atoms with van der Waals surface area (Å²) in [6, 6.07) is 11.4. The maximum absolute atomic E-state index is 5.25. The SMILES string of the molecule is CCCCC(NCC1(CCOC)CC1)c1ccccc1. The van der Waals surface area contributed by atoms with Crippen molar-refractivity contribution in [3.63, 3.8) is 0 Å². The van der Waals surface area contributed by atoms with Crippen molar-refractivity contribution in [2.24, 2.45) is 5.41 Å². The van der Waals surface area contributed by atoms with Gasteiger partial charge in [0.05, 0.1) is 0 Å². The number of ether oxygens (including phenoxy) is 1. The van der Waals surface area contributed by atoms with Crippen LogP contribution >= 0.6 is 0 Å². The summed E-state index contributed by atoms with van der Waals surface area (Å²) in [5.74, 6) is 0. The summed E-state index contributed by atoms with van der Waals surface area (Å²) in [4.78, 5) is 0. The molecule has 0 radical (unpaired) electrons. The van der Waals surface area contributed by atoms with Gasteiger partial charge in [-0.25, -0.2) is 0 Å². The number of nitrogens with one attached hydrogen (secondary N) is 1. The third kappa shape index (κ3) is 4.60. The minimum atomic E-state index is 0.510. The van der Waals surface area contributed by atoms with Gasteiger partial charge in [-0.15, -0.1) is 0 Å². The molecule has 20 heavy (non-hydrogen) atoms. The van der Waals surface area contributed by atoms with Crippen LogP contribution in [0.2, 0.25) is 0 Å². The Hall–Kier alpha value is -0.860. The van der Waals surface area contributed by atoms with Crippen LogP contribution in [0.25, 0.3) is 0 Å². The first kappa shape index (κ1) is 15.5. The monoisotopic (exact) mass is 275 g/mol. The summed E-state index contributed by atoms with van der Waals surface area (Å²) in [6.07, 6.45) is 7.71. The van der Waals surface area contributed by atoms with E-state index in [1.54, 1.807) is 7.11 Å². The van der Waals surface area contributed by atoms with E-state index < -0.39 is 0 Å². The molecular weight excluding hydrogens is 246 g/mol. The van der Waals surface area contributed by atoms with Gasteiger partial charge in [-0.3, -0.25) is 0 Å². The van der Waals surface area contributed by atoms with Gasteiger partial charge in [0.1, 0.15) is 0 Å². The van der Waals surface area contributed by atoms with Crippen LogP contribution in [-0.4, -0.2) is 20.3 Å². The second-order valence-corrected chi connectivity index (χ2v) is 6.23. The van der Waals surface area contributed by atoms with Crippen LogP contribution in [-0.2, 0) is 4.74 Å². The van der Waals surface area contributed by atoms with E-state index in [-0.39, 0.29) is 0 Å². The van der Waals surface area contributed by atoms with Crippen molar-refractivity contribution in [1.82, 2.24) is 5.32 Å². The van der Waals surface area contributed by atoms with Gasteiger partial charge in [-0.1, -0.05) is 50.1 Å². The Balaban J connectivity index is 1.88. The molecule has 0 spiro atoms. The molecule has 0 aliphatic heterocycles. The molecule has 1 aliphatic carbocycles. The van der Waals surface area contributed by atoms with Crippen molar-refractivity contribution in [1.29, 1.82) is 0 Å². The van der Waals surface area contributed by atoms with Crippen LogP contribution in [0, 0.1) is 5.41 Å². The van der Waals surface area contributed by atoms with Gasteiger partial charge in [0.25, 0.3) is 0 Å². The van der Waals surface area contributed by atoms with E-state index in [4.69, 9.17) is 4.74 Å². The average Bonchev–Trinajstić information content (AvgIpc) is 3.27. The topological polar surface area (TPSA) is 21.3 Å². The zero-order chi connectivity index (χ0) is 14.3. The predicted molar refractivity (Wildman–Crippen MR) is 84.9 cm³/mol. The highest BCUT2D eigenvalue weighted by atomic mass is 16.5. The van der Waals surface area contributed by atoms with E-state index in [2.05, 4.69) is 42.6 Å². The summed E-state index contributed by atoms with van der Waals surface area (Å²) in [6.45, 7) is 4.30. The minimum absolute atomic E-state index is 0.510. The van der Waals surface area contributed by atoms with Crippen LogP contribution in [0.1, 0.15) is 57.1 Å². The number of benzene rings is 1. The summed E-state index contributed by atoms with van der Waals surface area (Å²) >= 11 is 0. The van der Waals surface area contributed by atoms with E-state index in [1.807, 2.05) is 0 Å². The first-order chi connectivity index (χ1) is 9.79. The lowest BCUT2D eigenvalue weighted by Gasteiger charge is -2.23. The van der Waals surface area contributed by atoms with Crippen LogP contribution in [0.5, 0.6) is 0 Å². The molecule has 1 N–H and O–H groups in total. The highest BCUT2D eigenvalue weighted by molar-refractivity contribution is 5.19. The van der Waals surface area contributed by atoms with E-state index in [0.717, 1.165) is 13.2 Å². The summed E-state index contributed by atoms with van der Waals surface area (Å²) in [5, 5.41) is 3.83. The van der Waals surface area contributed by atoms with Crippen molar-refractivity contribution < 1.29 is 4.74 Å². The molecule has 0 heterocycles. The Morgan fingerprint density at radius 1 is 1.25 bits per heavy atom. The Labute approximate surface area is 123 Å². The molecule has 1 saturated carbocycles. The van der Waals surface area contributed by atoms with Gasteiger partial charge >= 0.3 is 0 Å². The molecule has 112 valence electrons. The third-order valence-electron chi connectivity index (χ3n) is 4.57. The summed E-state index contributed by atoms with van der Waals surface area (Å²) in [7, 11) is 1.80. The molecule has 1 unspecified atom stereocenters. The number of methoxy groups -OCH3 is 1. The molecule has 1 aliphatic rings. The summed E-state index contributed by atoms with van der Waals surface area (Å²) < 4.78 is 5.25. The van der Waals surface area contributed by atoms with Crippen LogP contribution < -0.4 is 5.32 Å². The Kier molecular flexibility index (Phi) is 6.06. The molecule has 2 heteroatoms. The van der Waals surface area contributed by atoms with Gasteiger partial charge in [-0.2, -0.15) is 0 Å². The van der Waals surface area contributed by atoms with Gasteiger partial charge in [-0.05, 0) is 36.7 Å². The molecule has 1 aromatic rings. The van der Waals surface area contributed by atoms with Crippen LogP contribution in [0.15, 0.2) is 30.3 Å². The van der Waals surface area contributed by atoms with E-state index in [0.29, 0.717) is 11.5 Å². The number of rotatable bonds is 10. The number of unbranched alkanes of at least 4 members (excludes halogenated alkanes) is 1. The fourth-order valence-corrected chi connectivity index (χ4v) is 2.83. The highest BCUT2D eigenvalue weighted by Gasteiger charge is 2.41. The molecule has 1 atom stereocenters. The Bertz CT molecular complexity index is 372. The van der Waals surface area contributed by atoms with E-state index in [9.17, 15) is 0 Å². The lowest BCUT2D eigenvalue weighted by Crippen LogP contribution is -2.29. The molecule has 1 aromatic carbocycles. The average molecular weight is 275 g/mol. The molecule has 0 bridgehead atoms. The highest BCUT2D eigenvalue weighted by Crippen LogP contribution is 2.48. The first-order valence-corrected chi connectivity index (χ1v) is 8.07. The van der Waals surface area contributed by atoms with Crippen molar-refractivity contribution in [2.75, 3.05) is 20.3 Å². The Morgan fingerprint density at radius 3 is 2.60 bits per heavy atom.